The summed E-state index contributed by atoms with van der Waals surface area (Å²) in [6, 6.07) is 40.4. The number of hydrogen-bond acceptors (Lipinski definition) is 3. The molecule has 0 aliphatic carbocycles. The Balaban J connectivity index is 0.000000212. The van der Waals surface area contributed by atoms with Gasteiger partial charge >= 0.3 is 0 Å². The van der Waals surface area contributed by atoms with Crippen LogP contribution in [0.5, 0.6) is 0 Å². The molecule has 5 aromatic carbocycles. The Bertz CT molecular complexity index is 1570. The standard InChI is InChI=1S/C22H21O2P.C13H10O/c1-16-14-15-21(18(3)17(16)2)25(24,20-12-8-5-9-13-20)22(23)19-10-6-4-7-11-19;14-13(11-7-3-1-4-8-11)12-9-5-2-6-10-12/h4-15H,1-3H3;1-10H. The Labute approximate surface area is 230 Å². The number of carbonyl (C=O) groups excluding carboxylic acids is 2. The van der Waals surface area contributed by atoms with E-state index in [4.69, 9.17) is 0 Å². The fourth-order valence-electron chi connectivity index (χ4n) is 4.39. The molecular formula is C35H31O3P. The molecule has 0 aliphatic rings. The molecule has 4 heteroatoms. The first-order chi connectivity index (χ1) is 18.8. The Hall–Kier alpha value is -4.33. The van der Waals surface area contributed by atoms with E-state index in [-0.39, 0.29) is 11.3 Å². The molecule has 0 radical (unpaired) electrons. The van der Waals surface area contributed by atoms with E-state index in [1.165, 1.54) is 0 Å². The SMILES string of the molecule is Cc1ccc(P(=O)(C(=O)c2ccccc2)c2ccccc2)c(C)c1C.O=C(c1ccccc1)c1ccccc1. The third-order valence-corrected chi connectivity index (χ3v) is 9.89. The quantitative estimate of drug-likeness (QED) is 0.167. The number of aryl methyl sites for hydroxylation is 1. The highest BCUT2D eigenvalue weighted by Gasteiger charge is 2.38. The van der Waals surface area contributed by atoms with Crippen LogP contribution in [0.1, 0.15) is 43.0 Å². The minimum atomic E-state index is -3.46. The Morgan fingerprint density at radius 2 is 0.897 bits per heavy atom. The summed E-state index contributed by atoms with van der Waals surface area (Å²) in [6.45, 7) is 5.99. The van der Waals surface area contributed by atoms with Gasteiger partial charge in [0.2, 0.25) is 12.7 Å². The highest BCUT2D eigenvalue weighted by molar-refractivity contribution is 7.93. The molecule has 194 valence electrons. The van der Waals surface area contributed by atoms with Crippen molar-refractivity contribution in [3.8, 4) is 0 Å². The lowest BCUT2D eigenvalue weighted by molar-refractivity contribution is 0.103. The minimum absolute atomic E-state index is 0.0752. The maximum absolute atomic E-state index is 14.3. The van der Waals surface area contributed by atoms with E-state index in [0.717, 1.165) is 27.8 Å². The molecule has 0 saturated heterocycles. The number of benzene rings is 5. The minimum Gasteiger partial charge on any atom is -0.305 e. The average Bonchev–Trinajstić information content (AvgIpc) is 3.01. The maximum atomic E-state index is 14.3. The Morgan fingerprint density at radius 1 is 0.487 bits per heavy atom. The smallest absolute Gasteiger partial charge is 0.230 e. The number of ketones is 1. The second-order valence-corrected chi connectivity index (χ2v) is 12.0. The van der Waals surface area contributed by atoms with Crippen LogP contribution >= 0.6 is 7.14 Å². The van der Waals surface area contributed by atoms with Gasteiger partial charge in [-0.1, -0.05) is 133 Å². The lowest BCUT2D eigenvalue weighted by Crippen LogP contribution is -2.25. The average molecular weight is 531 g/mol. The van der Waals surface area contributed by atoms with Gasteiger partial charge in [-0.05, 0) is 37.5 Å². The van der Waals surface area contributed by atoms with Crippen molar-refractivity contribution in [2.75, 3.05) is 0 Å². The van der Waals surface area contributed by atoms with Gasteiger partial charge in [0.1, 0.15) is 0 Å². The maximum Gasteiger partial charge on any atom is 0.230 e. The van der Waals surface area contributed by atoms with Gasteiger partial charge < -0.3 is 4.57 Å². The van der Waals surface area contributed by atoms with Crippen LogP contribution in [-0.4, -0.2) is 11.3 Å². The normalized spacial score (nSPS) is 12.0. The molecule has 0 heterocycles. The number of rotatable bonds is 6. The second kappa shape index (κ2) is 12.5. The predicted molar refractivity (Wildman–Crippen MR) is 161 cm³/mol. The number of carbonyl (C=O) groups is 2. The Kier molecular flexibility index (Phi) is 8.86. The van der Waals surface area contributed by atoms with Gasteiger partial charge in [-0.25, -0.2) is 0 Å². The first-order valence-corrected chi connectivity index (χ1v) is 14.5. The third kappa shape index (κ3) is 6.06. The zero-order valence-electron chi connectivity index (χ0n) is 22.4. The molecular weight excluding hydrogens is 499 g/mol. The molecule has 0 fully saturated rings. The van der Waals surface area contributed by atoms with Crippen molar-refractivity contribution < 1.29 is 14.2 Å². The molecule has 0 N–H and O–H groups in total. The molecule has 39 heavy (non-hydrogen) atoms. The Morgan fingerprint density at radius 3 is 1.36 bits per heavy atom. The van der Waals surface area contributed by atoms with Crippen molar-refractivity contribution in [1.82, 2.24) is 0 Å². The van der Waals surface area contributed by atoms with Gasteiger partial charge in [0.25, 0.3) is 0 Å². The zero-order valence-corrected chi connectivity index (χ0v) is 23.3. The summed E-state index contributed by atoms with van der Waals surface area (Å²) in [5, 5.41) is 1.21. The van der Waals surface area contributed by atoms with E-state index in [1.54, 1.807) is 36.4 Å². The molecule has 5 aromatic rings. The van der Waals surface area contributed by atoms with Crippen LogP contribution in [0.15, 0.2) is 133 Å². The van der Waals surface area contributed by atoms with Crippen molar-refractivity contribution in [2.24, 2.45) is 0 Å². The number of hydrogen-bond donors (Lipinski definition) is 0. The van der Waals surface area contributed by atoms with E-state index in [0.29, 0.717) is 16.2 Å². The molecule has 1 unspecified atom stereocenters. The highest BCUT2D eigenvalue weighted by atomic mass is 31.2. The van der Waals surface area contributed by atoms with Crippen molar-refractivity contribution >= 4 is 29.1 Å². The monoisotopic (exact) mass is 530 g/mol. The molecule has 1 atom stereocenters. The molecule has 0 saturated carbocycles. The van der Waals surface area contributed by atoms with Gasteiger partial charge in [0.15, 0.2) is 5.78 Å². The predicted octanol–water partition coefficient (Wildman–Crippen LogP) is 7.68. The van der Waals surface area contributed by atoms with Gasteiger partial charge in [-0.2, -0.15) is 0 Å². The highest BCUT2D eigenvalue weighted by Crippen LogP contribution is 2.48. The topological polar surface area (TPSA) is 51.2 Å². The van der Waals surface area contributed by atoms with Crippen LogP contribution in [0.3, 0.4) is 0 Å². The third-order valence-electron chi connectivity index (χ3n) is 6.87. The van der Waals surface area contributed by atoms with Crippen molar-refractivity contribution in [1.29, 1.82) is 0 Å². The summed E-state index contributed by atoms with van der Waals surface area (Å²) in [4.78, 5) is 25.2. The van der Waals surface area contributed by atoms with Crippen LogP contribution in [0, 0.1) is 20.8 Å². The lowest BCUT2D eigenvalue weighted by atomic mass is 10.0. The van der Waals surface area contributed by atoms with E-state index in [1.807, 2.05) is 118 Å². The van der Waals surface area contributed by atoms with Gasteiger partial charge in [0.05, 0.1) is 0 Å². The van der Waals surface area contributed by atoms with Crippen molar-refractivity contribution in [2.45, 2.75) is 20.8 Å². The molecule has 3 nitrogen and oxygen atoms in total. The largest absolute Gasteiger partial charge is 0.305 e. The van der Waals surface area contributed by atoms with Gasteiger partial charge in [-0.15, -0.1) is 0 Å². The van der Waals surface area contributed by atoms with Crippen molar-refractivity contribution in [3.05, 3.63) is 167 Å². The molecule has 0 amide bonds. The summed E-state index contributed by atoms with van der Waals surface area (Å²) in [5.74, 6) is 0.0752. The molecule has 0 aromatic heterocycles. The van der Waals surface area contributed by atoms with Crippen LogP contribution < -0.4 is 10.6 Å². The van der Waals surface area contributed by atoms with Crippen molar-refractivity contribution in [3.63, 3.8) is 0 Å². The molecule has 0 bridgehead atoms. The zero-order chi connectivity index (χ0) is 27.8. The van der Waals surface area contributed by atoms with Crippen LogP contribution in [0.4, 0.5) is 0 Å². The fourth-order valence-corrected chi connectivity index (χ4v) is 7.16. The molecule has 5 rings (SSSR count). The summed E-state index contributed by atoms with van der Waals surface area (Å²) in [5.41, 5.74) is 4.77. The first kappa shape index (κ1) is 27.7. The second-order valence-electron chi connectivity index (χ2n) is 9.33. The summed E-state index contributed by atoms with van der Waals surface area (Å²) >= 11 is 0. The summed E-state index contributed by atoms with van der Waals surface area (Å²) in [6.07, 6.45) is 0. The molecule has 0 spiro atoms. The van der Waals surface area contributed by atoms with Gasteiger partial charge in [-0.3, -0.25) is 9.59 Å². The van der Waals surface area contributed by atoms with E-state index < -0.39 is 7.14 Å². The van der Waals surface area contributed by atoms with Gasteiger partial charge in [0, 0.05) is 27.3 Å². The van der Waals surface area contributed by atoms with Crippen LogP contribution in [-0.2, 0) is 4.57 Å². The first-order valence-electron chi connectivity index (χ1n) is 12.8. The molecule has 0 aliphatic heterocycles. The van der Waals surface area contributed by atoms with Crippen LogP contribution in [0.25, 0.3) is 0 Å². The fraction of sp³-hybridized carbons (Fsp3) is 0.0857. The van der Waals surface area contributed by atoms with E-state index in [2.05, 4.69) is 0 Å². The summed E-state index contributed by atoms with van der Waals surface area (Å²) in [7, 11) is -3.46. The van der Waals surface area contributed by atoms with E-state index in [9.17, 15) is 14.2 Å². The van der Waals surface area contributed by atoms with E-state index >= 15 is 0 Å². The lowest BCUT2D eigenvalue weighted by Gasteiger charge is -2.21. The van der Waals surface area contributed by atoms with Crippen LogP contribution in [0.2, 0.25) is 0 Å². The summed E-state index contributed by atoms with van der Waals surface area (Å²) < 4.78 is 14.3.